The third-order valence-electron chi connectivity index (χ3n) is 6.21. The molecule has 2 heterocycles. The Hall–Kier alpha value is -3.71. The Bertz CT molecular complexity index is 994. The predicted molar refractivity (Wildman–Crippen MR) is 134 cm³/mol. The van der Waals surface area contributed by atoms with Crippen molar-refractivity contribution in [2.24, 2.45) is 0 Å². The average Bonchev–Trinajstić information content (AvgIpc) is 3.27. The minimum Gasteiger partial charge on any atom is -0.469 e. The monoisotopic (exact) mass is 518 g/mol. The summed E-state index contributed by atoms with van der Waals surface area (Å²) in [4.78, 5) is 54.4. The van der Waals surface area contributed by atoms with Gasteiger partial charge in [0, 0.05) is 57.6 Å². The van der Waals surface area contributed by atoms with Crippen LogP contribution in [-0.4, -0.2) is 117 Å². The molecule has 0 bridgehead atoms. The van der Waals surface area contributed by atoms with Crippen molar-refractivity contribution in [2.45, 2.75) is 19.4 Å². The van der Waals surface area contributed by atoms with E-state index in [0.717, 1.165) is 31.1 Å². The molecule has 0 aliphatic carbocycles. The zero-order valence-electron chi connectivity index (χ0n) is 21.4. The van der Waals surface area contributed by atoms with Gasteiger partial charge in [0.25, 0.3) is 0 Å². The van der Waals surface area contributed by atoms with Crippen LogP contribution in [0.1, 0.15) is 18.9 Å². The van der Waals surface area contributed by atoms with Crippen molar-refractivity contribution in [1.29, 1.82) is 5.41 Å². The van der Waals surface area contributed by atoms with Gasteiger partial charge in [-0.25, -0.2) is 19.3 Å². The number of carbonyl (C=O) groups is 4. The van der Waals surface area contributed by atoms with E-state index in [1.54, 1.807) is 31.2 Å². The van der Waals surface area contributed by atoms with Gasteiger partial charge in [-0.2, -0.15) is 0 Å². The van der Waals surface area contributed by atoms with E-state index < -0.39 is 18.2 Å². The smallest absolute Gasteiger partial charge is 0.417 e. The minimum atomic E-state index is -0.814. The standard InChI is InChI=1S/C24H34N6O7/c1-4-36-23(33)27(2)22(32)26-21(25)17-5-7-18(8-6-17)30-16-19(37-24(30)34)15-29-13-11-28(12-14-29)10-9-20(31)35-3/h5-8,19H,4,9-16H2,1-3H3,(H2,25,26,32). The molecule has 2 N–H and O–H groups in total. The Balaban J connectivity index is 1.47. The summed E-state index contributed by atoms with van der Waals surface area (Å²) in [6, 6.07) is 5.78. The van der Waals surface area contributed by atoms with Gasteiger partial charge in [0.1, 0.15) is 11.9 Å². The fourth-order valence-electron chi connectivity index (χ4n) is 4.04. The molecule has 0 radical (unpaired) electrons. The Morgan fingerprint density at radius 3 is 2.41 bits per heavy atom. The number of imide groups is 1. The number of ether oxygens (including phenoxy) is 3. The highest BCUT2D eigenvalue weighted by atomic mass is 16.6. The summed E-state index contributed by atoms with van der Waals surface area (Å²) in [5.74, 6) is -0.406. The molecule has 13 nitrogen and oxygen atoms in total. The van der Waals surface area contributed by atoms with Gasteiger partial charge in [0.2, 0.25) is 0 Å². The molecule has 1 unspecified atom stereocenters. The normalized spacial score (nSPS) is 18.2. The maximum Gasteiger partial charge on any atom is 0.417 e. The van der Waals surface area contributed by atoms with Crippen molar-refractivity contribution in [3.8, 4) is 0 Å². The number of amidine groups is 1. The van der Waals surface area contributed by atoms with Crippen molar-refractivity contribution in [1.82, 2.24) is 20.0 Å². The van der Waals surface area contributed by atoms with Crippen LogP contribution in [0, 0.1) is 5.41 Å². The molecule has 37 heavy (non-hydrogen) atoms. The second-order valence-corrected chi connectivity index (χ2v) is 8.69. The average molecular weight is 519 g/mol. The van der Waals surface area contributed by atoms with Crippen molar-refractivity contribution < 1.29 is 33.4 Å². The van der Waals surface area contributed by atoms with Gasteiger partial charge in [-0.1, -0.05) is 0 Å². The van der Waals surface area contributed by atoms with Crippen molar-refractivity contribution in [3.63, 3.8) is 0 Å². The van der Waals surface area contributed by atoms with Crippen LogP contribution in [0.5, 0.6) is 0 Å². The number of amides is 4. The molecular weight excluding hydrogens is 484 g/mol. The number of rotatable bonds is 8. The van der Waals surface area contributed by atoms with E-state index in [4.69, 9.17) is 19.6 Å². The van der Waals surface area contributed by atoms with E-state index in [1.165, 1.54) is 19.1 Å². The lowest BCUT2D eigenvalue weighted by Crippen LogP contribution is -2.49. The number of hydrogen-bond donors (Lipinski definition) is 2. The lowest BCUT2D eigenvalue weighted by Gasteiger charge is -2.35. The van der Waals surface area contributed by atoms with Gasteiger partial charge in [-0.15, -0.1) is 0 Å². The van der Waals surface area contributed by atoms with Crippen LogP contribution in [0.25, 0.3) is 0 Å². The summed E-state index contributed by atoms with van der Waals surface area (Å²) in [7, 11) is 2.64. The number of methoxy groups -OCH3 is 1. The number of piperazine rings is 1. The van der Waals surface area contributed by atoms with Gasteiger partial charge in [-0.05, 0) is 31.2 Å². The van der Waals surface area contributed by atoms with Crippen LogP contribution >= 0.6 is 0 Å². The van der Waals surface area contributed by atoms with E-state index in [0.29, 0.717) is 37.3 Å². The summed E-state index contributed by atoms with van der Waals surface area (Å²) in [5, 5.41) is 10.5. The number of hydrogen-bond acceptors (Lipinski definition) is 10. The first kappa shape index (κ1) is 27.9. The molecule has 1 aromatic rings. The number of nitrogens with zero attached hydrogens (tertiary/aromatic N) is 4. The number of benzene rings is 1. The minimum absolute atomic E-state index is 0.129. The molecule has 0 spiro atoms. The first-order valence-corrected chi connectivity index (χ1v) is 12.1. The number of carbonyl (C=O) groups excluding carboxylic acids is 4. The molecule has 2 saturated heterocycles. The number of esters is 1. The molecule has 0 aromatic heterocycles. The van der Waals surface area contributed by atoms with E-state index in [2.05, 4.69) is 15.1 Å². The number of nitrogens with one attached hydrogen (secondary N) is 2. The van der Waals surface area contributed by atoms with Gasteiger partial charge in [0.15, 0.2) is 0 Å². The Morgan fingerprint density at radius 1 is 1.14 bits per heavy atom. The van der Waals surface area contributed by atoms with Crippen molar-refractivity contribution >= 4 is 35.7 Å². The zero-order chi connectivity index (χ0) is 26.9. The van der Waals surface area contributed by atoms with Crippen LogP contribution in [0.4, 0.5) is 20.1 Å². The van der Waals surface area contributed by atoms with Crippen molar-refractivity contribution in [3.05, 3.63) is 29.8 Å². The SMILES string of the molecule is CCOC(=O)N(C)C(=O)NC(=N)c1ccc(N2CC(CN3CCN(CCC(=O)OC)CC3)OC2=O)cc1. The maximum atomic E-state index is 12.5. The van der Waals surface area contributed by atoms with Crippen LogP contribution in [0.2, 0.25) is 0 Å². The summed E-state index contributed by atoms with van der Waals surface area (Å²) < 4.78 is 15.0. The van der Waals surface area contributed by atoms with Crippen molar-refractivity contribution in [2.75, 3.05) is 71.5 Å². The molecule has 2 aliphatic heterocycles. The second kappa shape index (κ2) is 13.0. The van der Waals surface area contributed by atoms with Gasteiger partial charge >= 0.3 is 24.2 Å². The molecule has 2 aliphatic rings. The first-order valence-electron chi connectivity index (χ1n) is 12.1. The number of cyclic esters (lactones) is 1. The summed E-state index contributed by atoms with van der Waals surface area (Å²) >= 11 is 0. The van der Waals surface area contributed by atoms with E-state index in [-0.39, 0.29) is 24.5 Å². The predicted octanol–water partition coefficient (Wildman–Crippen LogP) is 1.32. The summed E-state index contributed by atoms with van der Waals surface area (Å²) in [6.07, 6.45) is -1.15. The molecule has 1 atom stereocenters. The third kappa shape index (κ3) is 7.64. The molecule has 3 rings (SSSR count). The highest BCUT2D eigenvalue weighted by Crippen LogP contribution is 2.23. The highest BCUT2D eigenvalue weighted by Gasteiger charge is 2.34. The molecule has 1 aromatic carbocycles. The largest absolute Gasteiger partial charge is 0.469 e. The molecule has 202 valence electrons. The Kier molecular flexibility index (Phi) is 9.80. The van der Waals surface area contributed by atoms with Crippen LogP contribution in [0.15, 0.2) is 24.3 Å². The van der Waals surface area contributed by atoms with Crippen LogP contribution < -0.4 is 10.2 Å². The summed E-state index contributed by atoms with van der Waals surface area (Å²) in [5.41, 5.74) is 1.02. The first-order chi connectivity index (χ1) is 17.7. The lowest BCUT2D eigenvalue weighted by atomic mass is 10.1. The number of anilines is 1. The molecule has 13 heteroatoms. The Labute approximate surface area is 215 Å². The molecule has 0 saturated carbocycles. The quantitative estimate of drug-likeness (QED) is 0.225. The fourth-order valence-corrected chi connectivity index (χ4v) is 4.04. The molecule has 4 amide bonds. The Morgan fingerprint density at radius 2 is 1.78 bits per heavy atom. The van der Waals surface area contributed by atoms with Crippen LogP contribution in [-0.2, 0) is 19.0 Å². The topological polar surface area (TPSA) is 145 Å². The molecular formula is C24H34N6O7. The maximum absolute atomic E-state index is 12.5. The second-order valence-electron chi connectivity index (χ2n) is 8.69. The summed E-state index contributed by atoms with van der Waals surface area (Å²) in [6.45, 7) is 6.77. The third-order valence-corrected chi connectivity index (χ3v) is 6.21. The van der Waals surface area contributed by atoms with Gasteiger partial charge in [-0.3, -0.25) is 25.3 Å². The van der Waals surface area contributed by atoms with E-state index in [1.807, 2.05) is 0 Å². The van der Waals surface area contributed by atoms with Crippen LogP contribution in [0.3, 0.4) is 0 Å². The molecule has 2 fully saturated rings. The van der Waals surface area contributed by atoms with Gasteiger partial charge < -0.3 is 19.1 Å². The van der Waals surface area contributed by atoms with E-state index in [9.17, 15) is 19.2 Å². The van der Waals surface area contributed by atoms with E-state index >= 15 is 0 Å². The number of urea groups is 1. The fraction of sp³-hybridized carbons (Fsp3) is 0.542. The highest BCUT2D eigenvalue weighted by molar-refractivity contribution is 6.08. The lowest BCUT2D eigenvalue weighted by molar-refractivity contribution is -0.141. The zero-order valence-corrected chi connectivity index (χ0v) is 21.4. The van der Waals surface area contributed by atoms with Gasteiger partial charge in [0.05, 0.1) is 26.7 Å².